The monoisotopic (exact) mass is 700 g/mol. The minimum absolute atomic E-state index is 0.00372. The average molecular weight is 701 g/mol. The van der Waals surface area contributed by atoms with Gasteiger partial charge in [-0.05, 0) is 55.3 Å². The number of aryl methyl sites for hydroxylation is 1. The summed E-state index contributed by atoms with van der Waals surface area (Å²) in [4.78, 5) is 30.0. The largest absolute Gasteiger partial charge is 0.497 e. The lowest BCUT2D eigenvalue weighted by molar-refractivity contribution is 0.0886. The van der Waals surface area contributed by atoms with Crippen molar-refractivity contribution in [3.63, 3.8) is 0 Å². The Morgan fingerprint density at radius 3 is 2.33 bits per heavy atom. The van der Waals surface area contributed by atoms with E-state index in [-0.39, 0.29) is 41.9 Å². The second kappa shape index (κ2) is 14.3. The van der Waals surface area contributed by atoms with Gasteiger partial charge in [0.05, 0.1) is 24.7 Å². The predicted octanol–water partition coefficient (Wildman–Crippen LogP) is 3.59. The molecule has 2 atom stereocenters. The van der Waals surface area contributed by atoms with Crippen LogP contribution >= 0.6 is 33.9 Å². The number of aromatic nitrogens is 1. The maximum Gasteiger partial charge on any atom is 0.252 e. The number of carbonyl (C=O) groups is 2. The minimum Gasteiger partial charge on any atom is -0.497 e. The third kappa shape index (κ3) is 8.70. The Hall–Kier alpha value is -2.59. The molecule has 13 heteroatoms. The zero-order valence-electron chi connectivity index (χ0n) is 22.6. The number of hydrogen-bond donors (Lipinski definition) is 3. The van der Waals surface area contributed by atoms with Gasteiger partial charge in [0.2, 0.25) is 10.0 Å². The number of thiazole rings is 1. The number of hydrogen-bond acceptors (Lipinski definition) is 8. The van der Waals surface area contributed by atoms with Gasteiger partial charge in [0.15, 0.2) is 0 Å². The van der Waals surface area contributed by atoms with Gasteiger partial charge in [0.25, 0.3) is 11.8 Å². The van der Waals surface area contributed by atoms with E-state index in [0.29, 0.717) is 11.3 Å². The molecule has 0 radical (unpaired) electrons. The van der Waals surface area contributed by atoms with E-state index in [0.717, 1.165) is 10.7 Å². The summed E-state index contributed by atoms with van der Waals surface area (Å²) in [7, 11) is -2.42. The summed E-state index contributed by atoms with van der Waals surface area (Å²) in [6.45, 7) is 5.88. The van der Waals surface area contributed by atoms with Crippen LogP contribution in [0.5, 0.6) is 5.75 Å². The predicted molar refractivity (Wildman–Crippen MR) is 162 cm³/mol. The highest BCUT2D eigenvalue weighted by Gasteiger charge is 2.30. The Labute approximate surface area is 252 Å². The fourth-order valence-corrected chi connectivity index (χ4v) is 6.57. The molecule has 10 nitrogen and oxygen atoms in total. The van der Waals surface area contributed by atoms with Gasteiger partial charge in [0, 0.05) is 35.3 Å². The molecule has 0 saturated carbocycles. The number of halogens is 1. The van der Waals surface area contributed by atoms with Crippen molar-refractivity contribution in [3.8, 4) is 5.75 Å². The summed E-state index contributed by atoms with van der Waals surface area (Å²) >= 11 is 3.32. The summed E-state index contributed by atoms with van der Waals surface area (Å²) in [5, 5.41) is 19.1. The minimum atomic E-state index is -3.92. The number of benzene rings is 2. The lowest BCUT2D eigenvalue weighted by atomic mass is 10.1. The quantitative estimate of drug-likeness (QED) is 0.141. The molecule has 0 saturated heterocycles. The van der Waals surface area contributed by atoms with E-state index in [4.69, 9.17) is 4.74 Å². The van der Waals surface area contributed by atoms with Crippen molar-refractivity contribution in [1.82, 2.24) is 19.9 Å². The molecule has 3 rings (SSSR count). The van der Waals surface area contributed by atoms with Crippen LogP contribution in [0.3, 0.4) is 0 Å². The smallest absolute Gasteiger partial charge is 0.252 e. The van der Waals surface area contributed by atoms with Gasteiger partial charge in [-0.15, -0.1) is 11.3 Å². The third-order valence-electron chi connectivity index (χ3n) is 5.72. The van der Waals surface area contributed by atoms with Crippen molar-refractivity contribution in [2.75, 3.05) is 20.2 Å². The molecule has 3 N–H and O–H groups in total. The van der Waals surface area contributed by atoms with Gasteiger partial charge >= 0.3 is 0 Å². The molecule has 2 aromatic carbocycles. The molecule has 2 unspecified atom stereocenters. The summed E-state index contributed by atoms with van der Waals surface area (Å²) in [5.41, 5.74) is 1.42. The SMILES string of the molecule is COc1ccc(S(=O)(=O)N(CC(C)C)CC(O)C(I)NC(=O)c2cccc(C(=O)NCc3nc(C)cs3)c2)cc1. The zero-order chi connectivity index (χ0) is 29.4. The fourth-order valence-electron chi connectivity index (χ4n) is 3.72. The Balaban J connectivity index is 1.65. The molecule has 0 bridgehead atoms. The van der Waals surface area contributed by atoms with E-state index in [1.54, 1.807) is 30.3 Å². The fraction of sp³-hybridized carbons (Fsp3) is 0.370. The summed E-state index contributed by atoms with van der Waals surface area (Å²) < 4.78 is 32.2. The zero-order valence-corrected chi connectivity index (χ0v) is 26.4. The van der Waals surface area contributed by atoms with Crippen molar-refractivity contribution in [2.45, 2.75) is 42.4 Å². The van der Waals surface area contributed by atoms with Crippen molar-refractivity contribution in [1.29, 1.82) is 0 Å². The number of sulfonamides is 1. The van der Waals surface area contributed by atoms with E-state index in [1.807, 2.05) is 48.7 Å². The van der Waals surface area contributed by atoms with Crippen molar-refractivity contribution >= 4 is 55.8 Å². The Morgan fingerprint density at radius 2 is 1.75 bits per heavy atom. The summed E-state index contributed by atoms with van der Waals surface area (Å²) in [6, 6.07) is 12.3. The van der Waals surface area contributed by atoms with Crippen LogP contribution < -0.4 is 15.4 Å². The second-order valence-electron chi connectivity index (χ2n) is 9.48. The number of carbonyl (C=O) groups excluding carboxylic acids is 2. The number of alkyl halides is 1. The van der Waals surface area contributed by atoms with Crippen LogP contribution in [-0.2, 0) is 16.6 Å². The average Bonchev–Trinajstić information content (AvgIpc) is 3.35. The van der Waals surface area contributed by atoms with Gasteiger partial charge in [-0.25, -0.2) is 13.4 Å². The molecule has 0 aliphatic carbocycles. The summed E-state index contributed by atoms with van der Waals surface area (Å²) in [6.07, 6.45) is -1.20. The Kier molecular flexibility index (Phi) is 11.5. The molecule has 40 heavy (non-hydrogen) atoms. The van der Waals surface area contributed by atoms with Gasteiger partial charge in [-0.1, -0.05) is 42.5 Å². The maximum atomic E-state index is 13.4. The molecule has 0 aliphatic heterocycles. The number of nitrogens with one attached hydrogen (secondary N) is 2. The van der Waals surface area contributed by atoms with Crippen molar-refractivity contribution in [3.05, 3.63) is 75.7 Å². The lowest BCUT2D eigenvalue weighted by Gasteiger charge is -2.28. The summed E-state index contributed by atoms with van der Waals surface area (Å²) in [5.74, 6) is -0.324. The molecule has 1 aromatic heterocycles. The molecule has 1 heterocycles. The maximum absolute atomic E-state index is 13.4. The highest BCUT2D eigenvalue weighted by atomic mass is 127. The van der Waals surface area contributed by atoms with Crippen LogP contribution in [0.1, 0.15) is 45.3 Å². The Bertz CT molecular complexity index is 1410. The van der Waals surface area contributed by atoms with E-state index < -0.39 is 26.1 Å². The highest BCUT2D eigenvalue weighted by Crippen LogP contribution is 2.22. The lowest BCUT2D eigenvalue weighted by Crippen LogP contribution is -2.47. The van der Waals surface area contributed by atoms with Gasteiger partial charge in [0.1, 0.15) is 14.8 Å². The number of rotatable bonds is 13. The standard InChI is InChI=1S/C27H33IN4O6S2/c1-17(2)14-32(40(36,37)22-10-8-21(38-4)9-11-22)15-23(33)25(28)31-27(35)20-7-5-6-19(12-20)26(34)29-13-24-30-18(3)16-39-24/h5-12,16-17,23,25,33H,13-15H2,1-4H3,(H,29,34)(H,31,35). The number of aliphatic hydroxyl groups is 1. The molecule has 0 fully saturated rings. The molecule has 0 spiro atoms. The number of aliphatic hydroxyl groups excluding tert-OH is 1. The molecule has 3 aromatic rings. The van der Waals surface area contributed by atoms with E-state index in [2.05, 4.69) is 15.6 Å². The molecule has 2 amide bonds. The van der Waals surface area contributed by atoms with Crippen LogP contribution in [-0.4, -0.2) is 65.0 Å². The van der Waals surface area contributed by atoms with E-state index in [9.17, 15) is 23.1 Å². The second-order valence-corrected chi connectivity index (χ2v) is 13.7. The number of nitrogens with zero attached hydrogens (tertiary/aromatic N) is 2. The number of amides is 2. The van der Waals surface area contributed by atoms with Crippen LogP contribution in [0.4, 0.5) is 0 Å². The van der Waals surface area contributed by atoms with Crippen LogP contribution in [0.15, 0.2) is 58.8 Å². The van der Waals surface area contributed by atoms with Crippen LogP contribution in [0.25, 0.3) is 0 Å². The van der Waals surface area contributed by atoms with Crippen LogP contribution in [0.2, 0.25) is 0 Å². The third-order valence-corrected chi connectivity index (χ3v) is 9.67. The normalized spacial score (nSPS) is 13.2. The molecule has 0 aliphatic rings. The van der Waals surface area contributed by atoms with Gasteiger partial charge < -0.3 is 20.5 Å². The van der Waals surface area contributed by atoms with Crippen molar-refractivity contribution in [2.24, 2.45) is 5.92 Å². The van der Waals surface area contributed by atoms with E-state index >= 15 is 0 Å². The highest BCUT2D eigenvalue weighted by molar-refractivity contribution is 14.1. The first-order valence-electron chi connectivity index (χ1n) is 12.5. The molecule has 216 valence electrons. The first-order valence-corrected chi connectivity index (χ1v) is 16.0. The van der Waals surface area contributed by atoms with Crippen LogP contribution in [0, 0.1) is 12.8 Å². The Morgan fingerprint density at radius 1 is 1.10 bits per heavy atom. The van der Waals surface area contributed by atoms with Gasteiger partial charge in [-0.3, -0.25) is 9.59 Å². The van der Waals surface area contributed by atoms with Crippen molar-refractivity contribution < 1.29 is 27.9 Å². The molecular formula is C27H33IN4O6S2. The van der Waals surface area contributed by atoms with E-state index in [1.165, 1.54) is 41.0 Å². The number of ether oxygens (including phenoxy) is 1. The first-order chi connectivity index (χ1) is 18.9. The number of methoxy groups -OCH3 is 1. The van der Waals surface area contributed by atoms with Gasteiger partial charge in [-0.2, -0.15) is 4.31 Å². The first kappa shape index (κ1) is 31.9. The molecular weight excluding hydrogens is 667 g/mol. The topological polar surface area (TPSA) is 138 Å².